The van der Waals surface area contributed by atoms with E-state index in [1.807, 2.05) is 0 Å². The molecule has 0 spiro atoms. The van der Waals surface area contributed by atoms with Crippen LogP contribution < -0.4 is 9.47 Å². The average molecular weight is 293 g/mol. The standard InChI is InChI=1S/C15H19NO5/c1-10(19-3)11-8-13(20-4)14(9-12(11)16-2)21-7-5-6-15(17)18/h8-9H,1-2,5-7H2,3-4H3,(H,17,18). The third kappa shape index (κ3) is 4.52. The maximum Gasteiger partial charge on any atom is 0.303 e. The number of rotatable bonds is 9. The SMILES string of the molecule is C=Nc1cc(OCCCC(=O)O)c(OC)cc1C(=C)OC. The van der Waals surface area contributed by atoms with Crippen LogP contribution in [0.5, 0.6) is 11.5 Å². The third-order valence-corrected chi connectivity index (χ3v) is 2.79. The zero-order valence-corrected chi connectivity index (χ0v) is 12.2. The smallest absolute Gasteiger partial charge is 0.303 e. The lowest BCUT2D eigenvalue weighted by Gasteiger charge is -2.15. The van der Waals surface area contributed by atoms with Gasteiger partial charge in [0, 0.05) is 18.1 Å². The van der Waals surface area contributed by atoms with Gasteiger partial charge in [0.1, 0.15) is 5.76 Å². The number of carboxylic acids is 1. The second kappa shape index (κ2) is 7.94. The second-order valence-corrected chi connectivity index (χ2v) is 4.15. The Morgan fingerprint density at radius 3 is 2.57 bits per heavy atom. The van der Waals surface area contributed by atoms with Gasteiger partial charge in [-0.1, -0.05) is 6.58 Å². The normalized spacial score (nSPS) is 9.81. The summed E-state index contributed by atoms with van der Waals surface area (Å²) in [6.07, 6.45) is 0.454. The third-order valence-electron chi connectivity index (χ3n) is 2.79. The summed E-state index contributed by atoms with van der Waals surface area (Å²) in [7, 11) is 3.03. The van der Waals surface area contributed by atoms with Crippen LogP contribution in [0.4, 0.5) is 5.69 Å². The molecule has 0 amide bonds. The molecule has 0 saturated carbocycles. The quantitative estimate of drug-likeness (QED) is 0.430. The van der Waals surface area contributed by atoms with Crippen molar-refractivity contribution < 1.29 is 24.1 Å². The number of aliphatic imine (C=N–C) groups is 1. The van der Waals surface area contributed by atoms with Crippen molar-refractivity contribution in [2.24, 2.45) is 4.99 Å². The monoisotopic (exact) mass is 293 g/mol. The maximum atomic E-state index is 10.5. The molecule has 0 heterocycles. The minimum Gasteiger partial charge on any atom is -0.497 e. The molecule has 0 aliphatic rings. The zero-order valence-electron chi connectivity index (χ0n) is 12.2. The highest BCUT2D eigenvalue weighted by Crippen LogP contribution is 2.37. The van der Waals surface area contributed by atoms with Crippen molar-refractivity contribution in [2.45, 2.75) is 12.8 Å². The fourth-order valence-electron chi connectivity index (χ4n) is 1.69. The van der Waals surface area contributed by atoms with Crippen LogP contribution in [0.2, 0.25) is 0 Å². The molecule has 0 aliphatic carbocycles. The molecule has 1 aromatic carbocycles. The van der Waals surface area contributed by atoms with Crippen molar-refractivity contribution in [2.75, 3.05) is 20.8 Å². The van der Waals surface area contributed by atoms with Crippen molar-refractivity contribution in [1.29, 1.82) is 0 Å². The molecule has 0 atom stereocenters. The molecule has 6 nitrogen and oxygen atoms in total. The molecule has 1 aromatic rings. The molecular weight excluding hydrogens is 274 g/mol. The summed E-state index contributed by atoms with van der Waals surface area (Å²) in [6.45, 7) is 7.55. The Bertz CT molecular complexity index is 539. The molecule has 0 fully saturated rings. The number of hydrogen-bond donors (Lipinski definition) is 1. The first kappa shape index (κ1) is 16.6. The molecular formula is C15H19NO5. The molecule has 114 valence electrons. The lowest BCUT2D eigenvalue weighted by molar-refractivity contribution is -0.137. The van der Waals surface area contributed by atoms with Gasteiger partial charge in [-0.2, -0.15) is 0 Å². The molecule has 0 aromatic heterocycles. The topological polar surface area (TPSA) is 77.4 Å². The summed E-state index contributed by atoms with van der Waals surface area (Å²) in [5, 5.41) is 8.59. The van der Waals surface area contributed by atoms with Crippen molar-refractivity contribution >= 4 is 24.1 Å². The Kier molecular flexibility index (Phi) is 6.26. The minimum atomic E-state index is -0.856. The number of carboxylic acid groups (broad SMARTS) is 1. The summed E-state index contributed by atoms with van der Waals surface area (Å²) in [5.41, 5.74) is 1.21. The van der Waals surface area contributed by atoms with Gasteiger partial charge in [-0.05, 0) is 19.2 Å². The molecule has 0 unspecified atom stereocenters. The molecule has 6 heteroatoms. The molecule has 0 aliphatic heterocycles. The summed E-state index contributed by atoms with van der Waals surface area (Å²) in [5.74, 6) is 0.544. The summed E-state index contributed by atoms with van der Waals surface area (Å²) in [6, 6.07) is 3.36. The fraction of sp³-hybridized carbons (Fsp3) is 0.333. The van der Waals surface area contributed by atoms with Crippen LogP contribution in [0.1, 0.15) is 18.4 Å². The fourth-order valence-corrected chi connectivity index (χ4v) is 1.69. The van der Waals surface area contributed by atoms with E-state index in [2.05, 4.69) is 18.3 Å². The van der Waals surface area contributed by atoms with E-state index in [4.69, 9.17) is 19.3 Å². The van der Waals surface area contributed by atoms with Gasteiger partial charge in [0.15, 0.2) is 11.5 Å². The van der Waals surface area contributed by atoms with E-state index in [0.29, 0.717) is 34.9 Å². The molecule has 0 bridgehead atoms. The number of nitrogens with zero attached hydrogens (tertiary/aromatic N) is 1. The van der Waals surface area contributed by atoms with Gasteiger partial charge >= 0.3 is 5.97 Å². The average Bonchev–Trinajstić information content (AvgIpc) is 2.49. The number of benzene rings is 1. The number of hydrogen-bond acceptors (Lipinski definition) is 5. The summed E-state index contributed by atoms with van der Waals surface area (Å²) < 4.78 is 15.9. The Morgan fingerprint density at radius 2 is 2.05 bits per heavy atom. The van der Waals surface area contributed by atoms with Gasteiger partial charge in [-0.15, -0.1) is 0 Å². The van der Waals surface area contributed by atoms with Crippen LogP contribution in [-0.4, -0.2) is 38.6 Å². The van der Waals surface area contributed by atoms with Crippen LogP contribution in [0.3, 0.4) is 0 Å². The first-order valence-corrected chi connectivity index (χ1v) is 6.30. The van der Waals surface area contributed by atoms with Crippen molar-refractivity contribution in [3.8, 4) is 11.5 Å². The number of aliphatic carboxylic acids is 1. The maximum absolute atomic E-state index is 10.5. The summed E-state index contributed by atoms with van der Waals surface area (Å²) >= 11 is 0. The van der Waals surface area contributed by atoms with Crippen molar-refractivity contribution in [3.63, 3.8) is 0 Å². The van der Waals surface area contributed by atoms with Crippen LogP contribution in [-0.2, 0) is 9.53 Å². The van der Waals surface area contributed by atoms with Gasteiger partial charge in [-0.3, -0.25) is 9.79 Å². The molecule has 0 radical (unpaired) electrons. The Labute approximate surface area is 123 Å². The lowest BCUT2D eigenvalue weighted by Crippen LogP contribution is -2.03. The molecule has 1 rings (SSSR count). The number of methoxy groups -OCH3 is 2. The van der Waals surface area contributed by atoms with Gasteiger partial charge in [0.2, 0.25) is 0 Å². The van der Waals surface area contributed by atoms with Gasteiger partial charge in [-0.25, -0.2) is 0 Å². The highest BCUT2D eigenvalue weighted by molar-refractivity contribution is 5.74. The lowest BCUT2D eigenvalue weighted by atomic mass is 10.1. The Hall–Kier alpha value is -2.50. The van der Waals surface area contributed by atoms with E-state index in [-0.39, 0.29) is 13.0 Å². The van der Waals surface area contributed by atoms with Gasteiger partial charge < -0.3 is 19.3 Å². The predicted molar refractivity (Wildman–Crippen MR) is 80.6 cm³/mol. The molecule has 0 saturated heterocycles. The highest BCUT2D eigenvalue weighted by Gasteiger charge is 2.13. The Balaban J connectivity index is 2.95. The molecule has 1 N–H and O–H groups in total. The van der Waals surface area contributed by atoms with Crippen LogP contribution >= 0.6 is 0 Å². The number of ether oxygens (including phenoxy) is 3. The molecule has 21 heavy (non-hydrogen) atoms. The van der Waals surface area contributed by atoms with Crippen LogP contribution in [0, 0.1) is 0 Å². The van der Waals surface area contributed by atoms with Crippen LogP contribution in [0.25, 0.3) is 5.76 Å². The summed E-state index contributed by atoms with van der Waals surface area (Å²) in [4.78, 5) is 14.4. The van der Waals surface area contributed by atoms with Crippen molar-refractivity contribution in [1.82, 2.24) is 0 Å². The van der Waals surface area contributed by atoms with E-state index < -0.39 is 5.97 Å². The van der Waals surface area contributed by atoms with E-state index in [9.17, 15) is 4.79 Å². The van der Waals surface area contributed by atoms with E-state index >= 15 is 0 Å². The zero-order chi connectivity index (χ0) is 15.8. The van der Waals surface area contributed by atoms with Gasteiger partial charge in [0.25, 0.3) is 0 Å². The largest absolute Gasteiger partial charge is 0.497 e. The Morgan fingerprint density at radius 1 is 1.33 bits per heavy atom. The second-order valence-electron chi connectivity index (χ2n) is 4.15. The van der Waals surface area contributed by atoms with Crippen molar-refractivity contribution in [3.05, 3.63) is 24.3 Å². The van der Waals surface area contributed by atoms with E-state index in [1.54, 1.807) is 12.1 Å². The van der Waals surface area contributed by atoms with E-state index in [0.717, 1.165) is 0 Å². The van der Waals surface area contributed by atoms with Crippen LogP contribution in [0.15, 0.2) is 23.7 Å². The number of carbonyl (C=O) groups is 1. The minimum absolute atomic E-state index is 0.0491. The highest BCUT2D eigenvalue weighted by atomic mass is 16.5. The predicted octanol–water partition coefficient (Wildman–Crippen LogP) is 2.89. The van der Waals surface area contributed by atoms with E-state index in [1.165, 1.54) is 14.2 Å². The van der Waals surface area contributed by atoms with Gasteiger partial charge in [0.05, 0.1) is 26.5 Å². The first-order valence-electron chi connectivity index (χ1n) is 6.30. The first-order chi connectivity index (χ1) is 10.0.